The number of oxazole rings is 1. The number of nitrogens with zero attached hydrogens (tertiary/aromatic N) is 3. The van der Waals surface area contributed by atoms with Crippen LogP contribution in [0.1, 0.15) is 41.7 Å². The summed E-state index contributed by atoms with van der Waals surface area (Å²) in [6, 6.07) is 6.35. The molecule has 1 N–H and O–H groups in total. The number of carbonyl (C=O) groups excluding carboxylic acids is 2. The molecule has 1 aliphatic heterocycles. The van der Waals surface area contributed by atoms with E-state index in [1.165, 1.54) is 7.11 Å². The number of hydrogen-bond acceptors (Lipinski definition) is 6. The van der Waals surface area contributed by atoms with E-state index >= 15 is 0 Å². The molecule has 5 rings (SSSR count). The average molecular weight is 455 g/mol. The number of benzene rings is 1. The number of fused-ring (bicyclic) bond motifs is 1. The Balaban J connectivity index is 1.41. The zero-order valence-corrected chi connectivity index (χ0v) is 18.6. The summed E-state index contributed by atoms with van der Waals surface area (Å²) in [6.07, 6.45) is 4.60. The Morgan fingerprint density at radius 3 is 2.88 bits per heavy atom. The van der Waals surface area contributed by atoms with Crippen LogP contribution < -0.4 is 10.1 Å². The van der Waals surface area contributed by atoms with Crippen molar-refractivity contribution in [2.24, 2.45) is 0 Å². The van der Waals surface area contributed by atoms with E-state index in [2.05, 4.69) is 15.3 Å². The van der Waals surface area contributed by atoms with E-state index in [-0.39, 0.29) is 17.4 Å². The number of halogens is 1. The highest BCUT2D eigenvalue weighted by molar-refractivity contribution is 6.30. The van der Waals surface area contributed by atoms with Crippen LogP contribution in [-0.4, -0.2) is 51.9 Å². The van der Waals surface area contributed by atoms with Crippen LogP contribution >= 0.6 is 11.6 Å². The molecule has 1 saturated carbocycles. The van der Waals surface area contributed by atoms with E-state index in [1.54, 1.807) is 36.2 Å². The molecule has 2 aliphatic rings. The lowest BCUT2D eigenvalue weighted by Crippen LogP contribution is -2.61. The zero-order chi connectivity index (χ0) is 22.5. The van der Waals surface area contributed by atoms with Crippen LogP contribution in [0, 0.1) is 0 Å². The average Bonchev–Trinajstić information content (AvgIpc) is 3.39. The summed E-state index contributed by atoms with van der Waals surface area (Å²) in [5.41, 5.74) is 2.03. The lowest BCUT2D eigenvalue weighted by atomic mass is 10.1. The smallest absolute Gasteiger partial charge is 0.254 e. The van der Waals surface area contributed by atoms with Gasteiger partial charge in [0.05, 0.1) is 12.6 Å². The van der Waals surface area contributed by atoms with Crippen molar-refractivity contribution in [3.05, 3.63) is 52.6 Å². The van der Waals surface area contributed by atoms with Crippen molar-refractivity contribution in [2.75, 3.05) is 13.7 Å². The Hall–Kier alpha value is -3.13. The van der Waals surface area contributed by atoms with Crippen LogP contribution in [0.5, 0.6) is 5.75 Å². The fraction of sp³-hybridized carbons (Fsp3) is 0.391. The van der Waals surface area contributed by atoms with Gasteiger partial charge in [-0.05, 0) is 50.5 Å². The maximum absolute atomic E-state index is 13.3. The van der Waals surface area contributed by atoms with Crippen LogP contribution in [0.4, 0.5) is 0 Å². The molecule has 8 nitrogen and oxygen atoms in total. The maximum Gasteiger partial charge on any atom is 0.254 e. The van der Waals surface area contributed by atoms with E-state index in [0.717, 1.165) is 18.5 Å². The predicted octanol–water partition coefficient (Wildman–Crippen LogP) is 3.16. The molecule has 0 radical (unpaired) electrons. The van der Waals surface area contributed by atoms with Crippen molar-refractivity contribution in [1.29, 1.82) is 0 Å². The van der Waals surface area contributed by atoms with E-state index < -0.39 is 6.04 Å². The van der Waals surface area contributed by atoms with Gasteiger partial charge in [0.15, 0.2) is 17.2 Å². The molecule has 1 spiro atoms. The number of aryl methyl sites for hydroxylation is 2. The zero-order valence-electron chi connectivity index (χ0n) is 17.9. The minimum absolute atomic E-state index is 0.117. The molecule has 1 atom stereocenters. The van der Waals surface area contributed by atoms with Crippen LogP contribution in [0.25, 0.3) is 11.1 Å². The second-order valence-corrected chi connectivity index (χ2v) is 8.91. The van der Waals surface area contributed by atoms with Crippen LogP contribution in [0.15, 0.2) is 34.9 Å². The number of aromatic nitrogens is 2. The molecule has 2 aromatic heterocycles. The van der Waals surface area contributed by atoms with Crippen molar-refractivity contribution in [3.63, 3.8) is 0 Å². The van der Waals surface area contributed by atoms with Crippen molar-refractivity contribution < 1.29 is 18.7 Å². The molecule has 1 unspecified atom stereocenters. The van der Waals surface area contributed by atoms with Gasteiger partial charge in [-0.25, -0.2) is 4.98 Å². The molecule has 2 amide bonds. The molecule has 2 fully saturated rings. The summed E-state index contributed by atoms with van der Waals surface area (Å²) >= 11 is 6.03. The standard InChI is InChI=1S/C23H23ClN4O4/c1-13-21(29)27-23(6-7-23)12-28(13)22(30)14-9-17-20(18(10-14)31-2)32-19(26-17)4-3-16-11-15(24)5-8-25-16/h5,8-11,13H,3-4,6-7,12H2,1-2H3,(H,27,29). The van der Waals surface area contributed by atoms with Crippen molar-refractivity contribution >= 4 is 34.5 Å². The quantitative estimate of drug-likeness (QED) is 0.636. The Morgan fingerprint density at radius 2 is 2.16 bits per heavy atom. The number of carbonyl (C=O) groups is 2. The van der Waals surface area contributed by atoms with Gasteiger partial charge in [0.1, 0.15) is 11.6 Å². The minimum Gasteiger partial charge on any atom is -0.493 e. The number of ether oxygens (including phenoxy) is 1. The highest BCUT2D eigenvalue weighted by Crippen LogP contribution is 2.39. The fourth-order valence-corrected chi connectivity index (χ4v) is 4.29. The molecule has 166 valence electrons. The highest BCUT2D eigenvalue weighted by atomic mass is 35.5. The summed E-state index contributed by atoms with van der Waals surface area (Å²) in [6.45, 7) is 2.26. The number of hydrogen-bond donors (Lipinski definition) is 1. The molecule has 0 bridgehead atoms. The Kier molecular flexibility index (Phi) is 5.04. The van der Waals surface area contributed by atoms with E-state index in [9.17, 15) is 9.59 Å². The summed E-state index contributed by atoms with van der Waals surface area (Å²) < 4.78 is 11.4. The van der Waals surface area contributed by atoms with E-state index in [0.29, 0.717) is 52.7 Å². The number of amides is 2. The molecule has 3 heterocycles. The lowest BCUT2D eigenvalue weighted by molar-refractivity contribution is -0.129. The third-order valence-electron chi connectivity index (χ3n) is 6.16. The van der Waals surface area contributed by atoms with E-state index in [1.807, 2.05) is 6.07 Å². The molecular weight excluding hydrogens is 432 g/mol. The first-order valence-electron chi connectivity index (χ1n) is 10.6. The number of rotatable bonds is 5. The maximum atomic E-state index is 13.3. The van der Waals surface area contributed by atoms with Crippen LogP contribution in [-0.2, 0) is 17.6 Å². The number of pyridine rings is 1. The lowest BCUT2D eigenvalue weighted by Gasteiger charge is -2.38. The molecule has 1 aliphatic carbocycles. The third-order valence-corrected chi connectivity index (χ3v) is 6.40. The third kappa shape index (κ3) is 3.79. The van der Waals surface area contributed by atoms with Gasteiger partial charge in [-0.2, -0.15) is 0 Å². The molecule has 1 aromatic carbocycles. The van der Waals surface area contributed by atoms with Gasteiger partial charge in [-0.3, -0.25) is 14.6 Å². The number of piperazine rings is 1. The van der Waals surface area contributed by atoms with Gasteiger partial charge in [0.25, 0.3) is 5.91 Å². The minimum atomic E-state index is -0.534. The summed E-state index contributed by atoms with van der Waals surface area (Å²) in [5.74, 6) is 0.619. The van der Waals surface area contributed by atoms with Crippen LogP contribution in [0.2, 0.25) is 5.02 Å². The SMILES string of the molecule is COc1cc(C(=O)N2CC3(CC3)NC(=O)C2C)cc2nc(CCc3cc(Cl)ccn3)oc12. The van der Waals surface area contributed by atoms with Crippen molar-refractivity contribution in [1.82, 2.24) is 20.2 Å². The molecule has 1 saturated heterocycles. The van der Waals surface area contributed by atoms with Crippen molar-refractivity contribution in [2.45, 2.75) is 44.2 Å². The second kappa shape index (κ2) is 7.78. The van der Waals surface area contributed by atoms with Gasteiger partial charge in [-0.15, -0.1) is 0 Å². The molecular formula is C23H23ClN4O4. The van der Waals surface area contributed by atoms with Crippen molar-refractivity contribution in [3.8, 4) is 5.75 Å². The molecule has 3 aromatic rings. The first-order valence-corrected chi connectivity index (χ1v) is 11.0. The monoisotopic (exact) mass is 454 g/mol. The Labute approximate surface area is 189 Å². The first kappa shape index (κ1) is 20.8. The van der Waals surface area contributed by atoms with E-state index in [4.69, 9.17) is 20.8 Å². The number of methoxy groups -OCH3 is 1. The highest BCUT2D eigenvalue weighted by Gasteiger charge is 2.51. The van der Waals surface area contributed by atoms with Gasteiger partial charge in [0, 0.05) is 35.4 Å². The van der Waals surface area contributed by atoms with Gasteiger partial charge >= 0.3 is 0 Å². The Morgan fingerprint density at radius 1 is 1.34 bits per heavy atom. The largest absolute Gasteiger partial charge is 0.493 e. The van der Waals surface area contributed by atoms with Gasteiger partial charge in [-0.1, -0.05) is 11.6 Å². The summed E-state index contributed by atoms with van der Waals surface area (Å²) in [5, 5.41) is 3.67. The molecule has 9 heteroatoms. The van der Waals surface area contributed by atoms with Gasteiger partial charge < -0.3 is 19.4 Å². The normalized spacial score (nSPS) is 19.3. The van der Waals surface area contributed by atoms with Crippen LogP contribution in [0.3, 0.4) is 0 Å². The number of nitrogens with one attached hydrogen (secondary N) is 1. The first-order chi connectivity index (χ1) is 15.4. The topological polar surface area (TPSA) is 97.6 Å². The molecule has 32 heavy (non-hydrogen) atoms. The second-order valence-electron chi connectivity index (χ2n) is 8.48. The summed E-state index contributed by atoms with van der Waals surface area (Å²) in [7, 11) is 1.53. The Bertz CT molecular complexity index is 1220. The predicted molar refractivity (Wildman–Crippen MR) is 118 cm³/mol. The summed E-state index contributed by atoms with van der Waals surface area (Å²) in [4.78, 5) is 36.2. The fourth-order valence-electron chi connectivity index (χ4n) is 4.11. The van der Waals surface area contributed by atoms with Gasteiger partial charge in [0.2, 0.25) is 5.91 Å².